The van der Waals surface area contributed by atoms with E-state index in [9.17, 15) is 0 Å². The molecule has 4 nitrogen and oxygen atoms in total. The summed E-state index contributed by atoms with van der Waals surface area (Å²) in [6.45, 7) is 0. The van der Waals surface area contributed by atoms with Gasteiger partial charge in [0.2, 0.25) is 0 Å². The highest BCUT2D eigenvalue weighted by Crippen LogP contribution is 2.39. The van der Waals surface area contributed by atoms with Crippen molar-refractivity contribution < 1.29 is 0 Å². The zero-order valence-electron chi connectivity index (χ0n) is 26.8. The minimum atomic E-state index is -2.65. The van der Waals surface area contributed by atoms with E-state index < -0.39 is 8.07 Å². The van der Waals surface area contributed by atoms with Crippen LogP contribution in [0.4, 0.5) is 17.1 Å². The van der Waals surface area contributed by atoms with Gasteiger partial charge in [-0.15, -0.1) is 10.2 Å². The molecule has 0 aliphatic carbocycles. The number of hydrogen-bond donors (Lipinski definition) is 0. The fourth-order valence-electron chi connectivity index (χ4n) is 7.52. The lowest BCUT2D eigenvalue weighted by molar-refractivity contribution is 1.07. The van der Waals surface area contributed by atoms with Crippen molar-refractivity contribution in [2.24, 2.45) is 0 Å². The lowest BCUT2D eigenvalue weighted by Crippen LogP contribution is -2.77. The molecule has 1 aliphatic rings. The quantitative estimate of drug-likeness (QED) is 0.174. The number of rotatable bonds is 6. The number of fused-ring (bicyclic) bond motifs is 2. The van der Waals surface area contributed by atoms with Gasteiger partial charge < -0.3 is 4.90 Å². The minimum absolute atomic E-state index is 0.802. The Labute approximate surface area is 287 Å². The third kappa shape index (κ3) is 4.66. The summed E-state index contributed by atoms with van der Waals surface area (Å²) >= 11 is 0. The standard InChI is InChI=1S/C44H32N4Si/c1-5-17-33(18-6-1)43-45-46-44(48(43)35-19-7-2-8-20-35)34-29-31-36(32-30-34)47-39-25-13-15-27-41(39)49(37-21-9-3-10-22-37,38-23-11-4-12-24-38)42-28-16-14-26-40(42)47/h1-32H. The smallest absolute Gasteiger partial charge is 0.184 e. The van der Waals surface area contributed by atoms with Crippen LogP contribution in [-0.2, 0) is 0 Å². The molecule has 0 radical (unpaired) electrons. The Morgan fingerprint density at radius 2 is 0.755 bits per heavy atom. The van der Waals surface area contributed by atoms with Crippen LogP contribution < -0.4 is 25.6 Å². The van der Waals surface area contributed by atoms with E-state index in [2.05, 4.69) is 179 Å². The largest absolute Gasteiger partial charge is 0.311 e. The monoisotopic (exact) mass is 644 g/mol. The van der Waals surface area contributed by atoms with Gasteiger partial charge in [-0.1, -0.05) is 146 Å². The topological polar surface area (TPSA) is 34.0 Å². The Balaban J connectivity index is 1.21. The van der Waals surface area contributed by atoms with E-state index in [1.54, 1.807) is 0 Å². The van der Waals surface area contributed by atoms with E-state index in [4.69, 9.17) is 10.2 Å². The lowest BCUT2D eigenvalue weighted by Gasteiger charge is -2.45. The zero-order chi connectivity index (χ0) is 32.6. The lowest BCUT2D eigenvalue weighted by atomic mass is 10.1. The van der Waals surface area contributed by atoms with E-state index >= 15 is 0 Å². The predicted octanol–water partition coefficient (Wildman–Crippen LogP) is 7.76. The molecule has 7 aromatic carbocycles. The average Bonchev–Trinajstić information content (AvgIpc) is 3.64. The fraction of sp³-hybridized carbons (Fsp3) is 0. The van der Waals surface area contributed by atoms with E-state index in [0.717, 1.165) is 34.2 Å². The van der Waals surface area contributed by atoms with Gasteiger partial charge in [-0.25, -0.2) is 0 Å². The van der Waals surface area contributed by atoms with Gasteiger partial charge in [-0.2, -0.15) is 0 Å². The number of anilines is 3. The first-order valence-electron chi connectivity index (χ1n) is 16.6. The third-order valence-corrected chi connectivity index (χ3v) is 14.5. The number of para-hydroxylation sites is 3. The molecule has 9 rings (SSSR count). The predicted molar refractivity (Wildman–Crippen MR) is 204 cm³/mol. The number of aromatic nitrogens is 3. The molecule has 0 fully saturated rings. The van der Waals surface area contributed by atoms with Crippen molar-refractivity contribution in [1.29, 1.82) is 0 Å². The van der Waals surface area contributed by atoms with E-state index in [1.807, 2.05) is 24.3 Å². The van der Waals surface area contributed by atoms with Crippen LogP contribution in [0.2, 0.25) is 0 Å². The van der Waals surface area contributed by atoms with Gasteiger partial charge in [-0.05, 0) is 69.3 Å². The van der Waals surface area contributed by atoms with Crippen LogP contribution in [0.25, 0.3) is 28.5 Å². The van der Waals surface area contributed by atoms with Crippen LogP contribution in [0.5, 0.6) is 0 Å². The molecule has 0 saturated carbocycles. The van der Waals surface area contributed by atoms with Gasteiger partial charge in [0.1, 0.15) is 0 Å². The van der Waals surface area contributed by atoms with Crippen LogP contribution >= 0.6 is 0 Å². The van der Waals surface area contributed by atoms with E-state index in [0.29, 0.717) is 0 Å². The van der Waals surface area contributed by atoms with Crippen molar-refractivity contribution in [1.82, 2.24) is 14.8 Å². The van der Waals surface area contributed by atoms with Gasteiger partial charge in [0.15, 0.2) is 19.7 Å². The van der Waals surface area contributed by atoms with Gasteiger partial charge in [-0.3, -0.25) is 4.57 Å². The molecule has 1 aromatic heterocycles. The van der Waals surface area contributed by atoms with Crippen LogP contribution in [-0.4, -0.2) is 22.8 Å². The molecule has 0 atom stereocenters. The summed E-state index contributed by atoms with van der Waals surface area (Å²) < 4.78 is 2.15. The second-order valence-corrected chi connectivity index (χ2v) is 16.0. The summed E-state index contributed by atoms with van der Waals surface area (Å²) in [6, 6.07) is 69.6. The van der Waals surface area contributed by atoms with E-state index in [1.165, 1.54) is 32.1 Å². The van der Waals surface area contributed by atoms with Crippen molar-refractivity contribution in [3.8, 4) is 28.5 Å². The zero-order valence-corrected chi connectivity index (χ0v) is 27.8. The Kier molecular flexibility index (Phi) is 7.10. The molecule has 0 N–H and O–H groups in total. The van der Waals surface area contributed by atoms with Crippen molar-refractivity contribution in [3.63, 3.8) is 0 Å². The van der Waals surface area contributed by atoms with Gasteiger partial charge in [0, 0.05) is 33.9 Å². The number of nitrogens with zero attached hydrogens (tertiary/aromatic N) is 4. The summed E-state index contributed by atoms with van der Waals surface area (Å²) in [5, 5.41) is 15.0. The molecule has 232 valence electrons. The first-order chi connectivity index (χ1) is 24.3. The van der Waals surface area contributed by atoms with Crippen LogP contribution in [0, 0.1) is 0 Å². The van der Waals surface area contributed by atoms with Crippen LogP contribution in [0.15, 0.2) is 194 Å². The fourth-order valence-corrected chi connectivity index (χ4v) is 12.6. The molecular formula is C44H32N4Si. The normalized spacial score (nSPS) is 13.0. The average molecular weight is 645 g/mol. The minimum Gasteiger partial charge on any atom is -0.311 e. The summed E-state index contributed by atoms with van der Waals surface area (Å²) in [4.78, 5) is 2.43. The Morgan fingerprint density at radius 3 is 1.27 bits per heavy atom. The van der Waals surface area contributed by atoms with Crippen LogP contribution in [0.1, 0.15) is 0 Å². The number of hydrogen-bond acceptors (Lipinski definition) is 3. The molecule has 8 aromatic rings. The Morgan fingerprint density at radius 1 is 0.347 bits per heavy atom. The Bertz CT molecular complexity index is 2280. The maximum atomic E-state index is 4.74. The maximum absolute atomic E-state index is 4.74. The highest BCUT2D eigenvalue weighted by atomic mass is 28.3. The van der Waals surface area contributed by atoms with Crippen LogP contribution in [0.3, 0.4) is 0 Å². The summed E-state index contributed by atoms with van der Waals surface area (Å²) in [5.41, 5.74) is 6.57. The first-order valence-corrected chi connectivity index (χ1v) is 18.6. The second-order valence-electron chi connectivity index (χ2n) is 12.3. The molecular weight excluding hydrogens is 613 g/mol. The van der Waals surface area contributed by atoms with Crippen molar-refractivity contribution in [2.45, 2.75) is 0 Å². The molecule has 0 bridgehead atoms. The molecule has 2 heterocycles. The molecule has 0 unspecified atom stereocenters. The second kappa shape index (κ2) is 12.1. The SMILES string of the molecule is c1ccc(-c2nnc(-c3ccc(N4c5ccccc5[Si](c5ccccc5)(c5ccccc5)c5ccccc54)cc3)n2-c2ccccc2)cc1. The summed E-state index contributed by atoms with van der Waals surface area (Å²) in [7, 11) is -2.65. The highest BCUT2D eigenvalue weighted by molar-refractivity contribution is 7.21. The summed E-state index contributed by atoms with van der Waals surface area (Å²) in [5.74, 6) is 1.61. The molecule has 1 aliphatic heterocycles. The third-order valence-electron chi connectivity index (χ3n) is 9.60. The molecule has 0 spiro atoms. The number of benzene rings is 7. The van der Waals surface area contributed by atoms with Crippen molar-refractivity contribution in [3.05, 3.63) is 194 Å². The van der Waals surface area contributed by atoms with Gasteiger partial charge >= 0.3 is 0 Å². The Hall–Kier alpha value is -6.30. The van der Waals surface area contributed by atoms with Crippen molar-refractivity contribution >= 4 is 45.9 Å². The highest BCUT2D eigenvalue weighted by Gasteiger charge is 2.48. The summed E-state index contributed by atoms with van der Waals surface area (Å²) in [6.07, 6.45) is 0. The first kappa shape index (κ1) is 28.9. The molecule has 5 heteroatoms. The molecule has 0 amide bonds. The van der Waals surface area contributed by atoms with Gasteiger partial charge in [0.25, 0.3) is 0 Å². The van der Waals surface area contributed by atoms with Gasteiger partial charge in [0.05, 0.1) is 0 Å². The van der Waals surface area contributed by atoms with E-state index in [-0.39, 0.29) is 0 Å². The molecule has 0 saturated heterocycles. The molecule has 49 heavy (non-hydrogen) atoms. The van der Waals surface area contributed by atoms with Crippen molar-refractivity contribution in [2.75, 3.05) is 4.90 Å². The maximum Gasteiger partial charge on any atom is 0.184 e.